The summed E-state index contributed by atoms with van der Waals surface area (Å²) >= 11 is 5.87. The number of carbonyl (C=O) groups excluding carboxylic acids is 2. The minimum absolute atomic E-state index is 0.0453. The smallest absolute Gasteiger partial charge is 0.260 e. The largest absolute Gasteiger partial charge is 0.325 e. The Kier molecular flexibility index (Phi) is 3.58. The number of hydrogen-bond acceptors (Lipinski definition) is 2. The molecule has 2 aromatic carbocycles. The number of nitrogens with one attached hydrogen (secondary N) is 2. The standard InChI is InChI=1S/C16H12ClFN2O2/c1-8-10-7-9(5-6-13(10)20-15(8)21)19-16(22)14-11(17)3-2-4-12(14)18/h2-8H,1H3,(H,19,22)(H,20,21). The van der Waals surface area contributed by atoms with Gasteiger partial charge in [-0.2, -0.15) is 0 Å². The lowest BCUT2D eigenvalue weighted by molar-refractivity contribution is -0.116. The van der Waals surface area contributed by atoms with E-state index in [0.717, 1.165) is 11.3 Å². The summed E-state index contributed by atoms with van der Waals surface area (Å²) in [6.07, 6.45) is 0. The quantitative estimate of drug-likeness (QED) is 0.885. The van der Waals surface area contributed by atoms with Crippen molar-refractivity contribution in [3.63, 3.8) is 0 Å². The molecule has 3 rings (SSSR count). The van der Waals surface area contributed by atoms with Gasteiger partial charge in [0.15, 0.2) is 0 Å². The van der Waals surface area contributed by atoms with Gasteiger partial charge in [-0.15, -0.1) is 0 Å². The minimum atomic E-state index is -0.684. The van der Waals surface area contributed by atoms with Gasteiger partial charge in [0.1, 0.15) is 5.82 Å². The summed E-state index contributed by atoms with van der Waals surface area (Å²) in [6, 6.07) is 9.10. The fraction of sp³-hybridized carbons (Fsp3) is 0.125. The molecule has 2 amide bonds. The lowest BCUT2D eigenvalue weighted by Crippen LogP contribution is -2.14. The average molecular weight is 319 g/mol. The zero-order chi connectivity index (χ0) is 15.9. The van der Waals surface area contributed by atoms with Crippen LogP contribution in [0.25, 0.3) is 0 Å². The van der Waals surface area contributed by atoms with E-state index in [1.807, 2.05) is 0 Å². The predicted molar refractivity (Wildman–Crippen MR) is 82.8 cm³/mol. The second-order valence-electron chi connectivity index (χ2n) is 5.06. The first-order valence-corrected chi connectivity index (χ1v) is 7.05. The number of rotatable bonds is 2. The Morgan fingerprint density at radius 1 is 1.32 bits per heavy atom. The van der Waals surface area contributed by atoms with Gasteiger partial charge in [0.2, 0.25) is 5.91 Å². The zero-order valence-electron chi connectivity index (χ0n) is 11.6. The highest BCUT2D eigenvalue weighted by molar-refractivity contribution is 6.34. The third kappa shape index (κ3) is 2.44. The van der Waals surface area contributed by atoms with Gasteiger partial charge in [0.05, 0.1) is 16.5 Å². The summed E-state index contributed by atoms with van der Waals surface area (Å²) in [4.78, 5) is 23.8. The Labute approximate surface area is 131 Å². The van der Waals surface area contributed by atoms with Crippen LogP contribution in [0, 0.1) is 5.82 Å². The summed E-state index contributed by atoms with van der Waals surface area (Å²) in [5.41, 5.74) is 1.79. The van der Waals surface area contributed by atoms with Crippen LogP contribution in [-0.2, 0) is 4.79 Å². The maximum Gasteiger partial charge on any atom is 0.260 e. The maximum absolute atomic E-state index is 13.7. The molecule has 2 N–H and O–H groups in total. The van der Waals surface area contributed by atoms with E-state index in [1.165, 1.54) is 18.2 Å². The van der Waals surface area contributed by atoms with Gasteiger partial charge in [-0.1, -0.05) is 17.7 Å². The highest BCUT2D eigenvalue weighted by atomic mass is 35.5. The third-order valence-electron chi connectivity index (χ3n) is 3.62. The van der Waals surface area contributed by atoms with Crippen LogP contribution < -0.4 is 10.6 Å². The second kappa shape index (κ2) is 5.42. The van der Waals surface area contributed by atoms with E-state index in [1.54, 1.807) is 25.1 Å². The Morgan fingerprint density at radius 3 is 2.82 bits per heavy atom. The predicted octanol–water partition coefficient (Wildman–Crippen LogP) is 3.79. The van der Waals surface area contributed by atoms with Crippen LogP contribution in [0.1, 0.15) is 28.8 Å². The molecule has 0 spiro atoms. The number of hydrogen-bond donors (Lipinski definition) is 2. The molecule has 112 valence electrons. The van der Waals surface area contributed by atoms with Gasteiger partial charge in [0.25, 0.3) is 5.91 Å². The van der Waals surface area contributed by atoms with E-state index in [2.05, 4.69) is 10.6 Å². The SMILES string of the molecule is CC1C(=O)Nc2ccc(NC(=O)c3c(F)cccc3Cl)cc21. The molecular weight excluding hydrogens is 307 g/mol. The molecule has 1 atom stereocenters. The van der Waals surface area contributed by atoms with Crippen molar-refractivity contribution in [3.8, 4) is 0 Å². The molecule has 0 saturated heterocycles. The van der Waals surface area contributed by atoms with Gasteiger partial charge in [-0.3, -0.25) is 9.59 Å². The fourth-order valence-electron chi connectivity index (χ4n) is 2.40. The summed E-state index contributed by atoms with van der Waals surface area (Å²) in [7, 11) is 0. The van der Waals surface area contributed by atoms with E-state index < -0.39 is 11.7 Å². The van der Waals surface area contributed by atoms with Gasteiger partial charge < -0.3 is 10.6 Å². The Balaban J connectivity index is 1.89. The zero-order valence-corrected chi connectivity index (χ0v) is 12.4. The van der Waals surface area contributed by atoms with Crippen LogP contribution in [0.5, 0.6) is 0 Å². The van der Waals surface area contributed by atoms with E-state index >= 15 is 0 Å². The van der Waals surface area contributed by atoms with Gasteiger partial charge in [-0.25, -0.2) is 4.39 Å². The van der Waals surface area contributed by atoms with E-state index in [-0.39, 0.29) is 22.4 Å². The molecule has 0 bridgehead atoms. The monoisotopic (exact) mass is 318 g/mol. The number of amides is 2. The van der Waals surface area contributed by atoms with Gasteiger partial charge >= 0.3 is 0 Å². The highest BCUT2D eigenvalue weighted by Crippen LogP contribution is 2.34. The van der Waals surface area contributed by atoms with E-state index in [9.17, 15) is 14.0 Å². The highest BCUT2D eigenvalue weighted by Gasteiger charge is 2.26. The molecule has 0 aliphatic carbocycles. The Hall–Kier alpha value is -2.40. The van der Waals surface area contributed by atoms with Crippen molar-refractivity contribution in [1.82, 2.24) is 0 Å². The van der Waals surface area contributed by atoms with Crippen LogP contribution in [0.4, 0.5) is 15.8 Å². The molecular formula is C16H12ClFN2O2. The number of benzene rings is 2. The van der Waals surface area contributed by atoms with Gasteiger partial charge in [0, 0.05) is 11.4 Å². The molecule has 1 aliphatic heterocycles. The molecule has 0 aromatic heterocycles. The van der Waals surface area contributed by atoms with Crippen LogP contribution in [0.2, 0.25) is 5.02 Å². The fourth-order valence-corrected chi connectivity index (χ4v) is 2.65. The number of halogens is 2. The molecule has 22 heavy (non-hydrogen) atoms. The average Bonchev–Trinajstić information content (AvgIpc) is 2.74. The van der Waals surface area contributed by atoms with Crippen molar-refractivity contribution in [2.45, 2.75) is 12.8 Å². The van der Waals surface area contributed by atoms with Crippen molar-refractivity contribution in [3.05, 3.63) is 58.4 Å². The van der Waals surface area contributed by atoms with Crippen LogP contribution in [-0.4, -0.2) is 11.8 Å². The number of carbonyl (C=O) groups is 2. The third-order valence-corrected chi connectivity index (χ3v) is 3.93. The number of anilines is 2. The van der Waals surface area contributed by atoms with Crippen molar-refractivity contribution in [2.24, 2.45) is 0 Å². The lowest BCUT2D eigenvalue weighted by Gasteiger charge is -2.09. The topological polar surface area (TPSA) is 58.2 Å². The molecule has 4 nitrogen and oxygen atoms in total. The van der Waals surface area contributed by atoms with Crippen molar-refractivity contribution < 1.29 is 14.0 Å². The molecule has 0 saturated carbocycles. The Bertz CT molecular complexity index is 771. The Morgan fingerprint density at radius 2 is 2.09 bits per heavy atom. The molecule has 0 radical (unpaired) electrons. The second-order valence-corrected chi connectivity index (χ2v) is 5.47. The molecule has 1 heterocycles. The first kappa shape index (κ1) is 14.5. The van der Waals surface area contributed by atoms with E-state index in [0.29, 0.717) is 5.69 Å². The molecule has 1 unspecified atom stereocenters. The van der Waals surface area contributed by atoms with E-state index in [4.69, 9.17) is 11.6 Å². The number of fused-ring (bicyclic) bond motifs is 1. The summed E-state index contributed by atoms with van der Waals surface area (Å²) in [5.74, 6) is -1.69. The molecule has 6 heteroatoms. The summed E-state index contributed by atoms with van der Waals surface area (Å²) in [5, 5.41) is 5.39. The van der Waals surface area contributed by atoms with Crippen molar-refractivity contribution in [1.29, 1.82) is 0 Å². The normalized spacial score (nSPS) is 16.1. The minimum Gasteiger partial charge on any atom is -0.325 e. The van der Waals surface area contributed by atoms with Crippen LogP contribution in [0.3, 0.4) is 0 Å². The van der Waals surface area contributed by atoms with Crippen LogP contribution >= 0.6 is 11.6 Å². The summed E-state index contributed by atoms with van der Waals surface area (Å²) in [6.45, 7) is 1.78. The first-order chi connectivity index (χ1) is 10.5. The molecule has 0 fully saturated rings. The molecule has 2 aromatic rings. The molecule has 1 aliphatic rings. The lowest BCUT2D eigenvalue weighted by atomic mass is 10.0. The summed E-state index contributed by atoms with van der Waals surface area (Å²) < 4.78 is 13.7. The first-order valence-electron chi connectivity index (χ1n) is 6.67. The van der Waals surface area contributed by atoms with Crippen molar-refractivity contribution in [2.75, 3.05) is 10.6 Å². The van der Waals surface area contributed by atoms with Gasteiger partial charge in [-0.05, 0) is 42.8 Å². The maximum atomic E-state index is 13.7. The van der Waals surface area contributed by atoms with Crippen LogP contribution in [0.15, 0.2) is 36.4 Å². The van der Waals surface area contributed by atoms with Crippen molar-refractivity contribution >= 4 is 34.8 Å².